The Balaban J connectivity index is 1.63. The lowest BCUT2D eigenvalue weighted by Crippen LogP contribution is -2.72. The summed E-state index contributed by atoms with van der Waals surface area (Å²) in [5.41, 5.74) is -0.965. The largest absolute Gasteiger partial charge is 0.472 e. The molecular weight excluding hydrogens is 436 g/mol. The van der Waals surface area contributed by atoms with Gasteiger partial charge in [0.25, 0.3) is 0 Å². The second-order valence-corrected chi connectivity index (χ2v) is 11.7. The molecular formula is C27H34O7. The molecule has 4 aliphatic rings. The third-order valence-electron chi connectivity index (χ3n) is 9.90. The zero-order valence-electron chi connectivity index (χ0n) is 20.6. The van der Waals surface area contributed by atoms with Crippen LogP contribution >= 0.6 is 0 Å². The molecule has 2 saturated heterocycles. The predicted molar refractivity (Wildman–Crippen MR) is 121 cm³/mol. The van der Waals surface area contributed by atoms with E-state index < -0.39 is 34.1 Å². The molecule has 2 aliphatic heterocycles. The van der Waals surface area contributed by atoms with Crippen molar-refractivity contribution in [1.29, 1.82) is 0 Å². The zero-order chi connectivity index (χ0) is 24.7. The summed E-state index contributed by atoms with van der Waals surface area (Å²) in [6.07, 6.45) is 4.24. The van der Waals surface area contributed by atoms with E-state index >= 15 is 0 Å². The van der Waals surface area contributed by atoms with Crippen LogP contribution in [0.25, 0.3) is 0 Å². The molecule has 4 fully saturated rings. The molecule has 34 heavy (non-hydrogen) atoms. The number of methoxy groups -OCH3 is 1. The van der Waals surface area contributed by atoms with Gasteiger partial charge in [-0.1, -0.05) is 34.3 Å². The summed E-state index contributed by atoms with van der Waals surface area (Å²) >= 11 is 0. The van der Waals surface area contributed by atoms with Crippen molar-refractivity contribution < 1.29 is 33.0 Å². The summed E-state index contributed by atoms with van der Waals surface area (Å²) in [6.45, 7) is 12.7. The van der Waals surface area contributed by atoms with Crippen molar-refractivity contribution in [1.82, 2.24) is 0 Å². The first kappa shape index (κ1) is 23.3. The molecule has 1 aromatic heterocycles. The minimum absolute atomic E-state index is 0.0642. The average Bonchev–Trinajstić information content (AvgIpc) is 3.30. The van der Waals surface area contributed by atoms with E-state index in [2.05, 4.69) is 20.4 Å². The van der Waals surface area contributed by atoms with E-state index in [1.807, 2.05) is 19.9 Å². The van der Waals surface area contributed by atoms with Crippen LogP contribution in [0.5, 0.6) is 0 Å². The number of furan rings is 1. The third kappa shape index (κ3) is 2.82. The van der Waals surface area contributed by atoms with Crippen LogP contribution < -0.4 is 0 Å². The maximum Gasteiger partial charge on any atom is 0.309 e. The first-order valence-electron chi connectivity index (χ1n) is 12.1. The van der Waals surface area contributed by atoms with Gasteiger partial charge in [-0.2, -0.15) is 0 Å². The lowest BCUT2D eigenvalue weighted by molar-refractivity contribution is -0.291. The number of esters is 2. The van der Waals surface area contributed by atoms with Crippen molar-refractivity contribution in [2.75, 3.05) is 7.11 Å². The summed E-state index contributed by atoms with van der Waals surface area (Å²) in [7, 11) is 1.38. The van der Waals surface area contributed by atoms with Gasteiger partial charge in [-0.05, 0) is 41.7 Å². The summed E-state index contributed by atoms with van der Waals surface area (Å²) in [6, 6.07) is 1.82. The maximum absolute atomic E-state index is 13.4. The highest BCUT2D eigenvalue weighted by Gasteiger charge is 2.73. The molecule has 0 amide bonds. The normalized spacial score (nSPS) is 42.9. The third-order valence-corrected chi connectivity index (χ3v) is 9.90. The minimum atomic E-state index is -0.962. The van der Waals surface area contributed by atoms with Crippen LogP contribution in [0.1, 0.15) is 71.5 Å². The monoisotopic (exact) mass is 470 g/mol. The topological polar surface area (TPSA) is 92.0 Å². The van der Waals surface area contributed by atoms with Gasteiger partial charge in [0.2, 0.25) is 0 Å². The van der Waals surface area contributed by atoms with Crippen LogP contribution in [-0.2, 0) is 28.6 Å². The van der Waals surface area contributed by atoms with Gasteiger partial charge in [-0.3, -0.25) is 14.4 Å². The van der Waals surface area contributed by atoms with Crippen LogP contribution in [0, 0.1) is 28.1 Å². The molecule has 184 valence electrons. The van der Waals surface area contributed by atoms with Crippen LogP contribution in [0.4, 0.5) is 0 Å². The number of ketones is 1. The molecule has 7 heteroatoms. The molecule has 5 rings (SSSR count). The fourth-order valence-corrected chi connectivity index (χ4v) is 7.67. The molecule has 2 aliphatic carbocycles. The van der Waals surface area contributed by atoms with E-state index in [0.717, 1.165) is 24.0 Å². The Bertz CT molecular complexity index is 1060. The summed E-state index contributed by atoms with van der Waals surface area (Å²) in [5.74, 6) is -0.953. The molecule has 0 aromatic carbocycles. The fourth-order valence-electron chi connectivity index (χ4n) is 7.67. The lowest BCUT2D eigenvalue weighted by Gasteiger charge is -2.70. The number of hydrogen-bond donors (Lipinski definition) is 0. The number of hydrogen-bond acceptors (Lipinski definition) is 7. The number of cyclic esters (lactones) is 1. The molecule has 1 spiro atoms. The van der Waals surface area contributed by atoms with Gasteiger partial charge in [0.1, 0.15) is 17.5 Å². The Morgan fingerprint density at radius 3 is 2.59 bits per heavy atom. The summed E-state index contributed by atoms with van der Waals surface area (Å²) < 4.78 is 23.2. The van der Waals surface area contributed by atoms with Gasteiger partial charge in [0.05, 0.1) is 32.2 Å². The standard InChI is InChI=1S/C27H34O7/c1-15-25(4)8-9-26(5)23(16-7-10-32-14-16)33-21(30)13-27(15,26)34-18-12-19(28)24(2,3)17(22(18)25)11-20(29)31-6/h7,10,14,17-18,22-23H,1,8-9,11-13H2,2-6H3. The Kier molecular flexibility index (Phi) is 5.01. The summed E-state index contributed by atoms with van der Waals surface area (Å²) in [5, 5.41) is 0. The van der Waals surface area contributed by atoms with Gasteiger partial charge in [0.15, 0.2) is 0 Å². The molecule has 7 unspecified atom stereocenters. The smallest absolute Gasteiger partial charge is 0.309 e. The predicted octanol–water partition coefficient (Wildman–Crippen LogP) is 4.56. The van der Waals surface area contributed by atoms with E-state index in [1.54, 1.807) is 12.5 Å². The molecule has 0 radical (unpaired) electrons. The van der Waals surface area contributed by atoms with E-state index in [1.165, 1.54) is 7.11 Å². The molecule has 7 nitrogen and oxygen atoms in total. The van der Waals surface area contributed by atoms with Gasteiger partial charge in [0, 0.05) is 29.2 Å². The average molecular weight is 471 g/mol. The highest BCUT2D eigenvalue weighted by Crippen LogP contribution is 2.72. The molecule has 2 saturated carbocycles. The van der Waals surface area contributed by atoms with E-state index in [4.69, 9.17) is 18.6 Å². The van der Waals surface area contributed by atoms with Crippen molar-refractivity contribution in [3.05, 3.63) is 36.3 Å². The first-order chi connectivity index (χ1) is 15.9. The Morgan fingerprint density at radius 2 is 1.94 bits per heavy atom. The number of carbonyl (C=O) groups is 3. The molecule has 2 bridgehead atoms. The van der Waals surface area contributed by atoms with Crippen molar-refractivity contribution in [2.24, 2.45) is 28.1 Å². The minimum Gasteiger partial charge on any atom is -0.472 e. The summed E-state index contributed by atoms with van der Waals surface area (Å²) in [4.78, 5) is 38.8. The van der Waals surface area contributed by atoms with Gasteiger partial charge >= 0.3 is 11.9 Å². The van der Waals surface area contributed by atoms with Gasteiger partial charge < -0.3 is 18.6 Å². The Hall–Kier alpha value is -2.41. The number of carbonyl (C=O) groups excluding carboxylic acids is 3. The number of Topliss-reactive ketones (excluding diaryl/α,β-unsaturated/α-hetero) is 1. The van der Waals surface area contributed by atoms with Crippen LogP contribution in [0.3, 0.4) is 0 Å². The number of ether oxygens (including phenoxy) is 3. The van der Waals surface area contributed by atoms with E-state index in [0.29, 0.717) is 0 Å². The fraction of sp³-hybridized carbons (Fsp3) is 0.667. The van der Waals surface area contributed by atoms with Crippen LogP contribution in [0.2, 0.25) is 0 Å². The van der Waals surface area contributed by atoms with Crippen LogP contribution in [-0.4, -0.2) is 36.5 Å². The SMILES string of the molecule is C=C1C2(C)CCC3(C)C(c4ccoc4)OC(=O)CC13OC1CC(=O)C(C)(C)C(CC(=O)OC)C12. The Morgan fingerprint density at radius 1 is 1.21 bits per heavy atom. The van der Waals surface area contributed by atoms with Crippen molar-refractivity contribution in [3.8, 4) is 0 Å². The quantitative estimate of drug-likeness (QED) is 0.472. The Labute approximate surface area is 200 Å². The van der Waals surface area contributed by atoms with Crippen molar-refractivity contribution in [3.63, 3.8) is 0 Å². The number of fused-ring (bicyclic) bond motifs is 3. The molecule has 7 atom stereocenters. The molecule has 3 heterocycles. The highest BCUT2D eigenvalue weighted by atomic mass is 16.6. The number of rotatable bonds is 3. The second-order valence-electron chi connectivity index (χ2n) is 11.7. The highest BCUT2D eigenvalue weighted by molar-refractivity contribution is 5.87. The maximum atomic E-state index is 13.4. The van der Waals surface area contributed by atoms with Gasteiger partial charge in [-0.15, -0.1) is 0 Å². The molecule has 0 N–H and O–H groups in total. The van der Waals surface area contributed by atoms with E-state index in [9.17, 15) is 14.4 Å². The second kappa shape index (κ2) is 7.30. The van der Waals surface area contributed by atoms with Gasteiger partial charge in [-0.25, -0.2) is 0 Å². The van der Waals surface area contributed by atoms with Crippen LogP contribution in [0.15, 0.2) is 35.2 Å². The zero-order valence-corrected chi connectivity index (χ0v) is 20.6. The van der Waals surface area contributed by atoms with Crippen molar-refractivity contribution in [2.45, 2.75) is 77.6 Å². The lowest BCUT2D eigenvalue weighted by atomic mass is 9.41. The first-order valence-corrected chi connectivity index (χ1v) is 12.1. The van der Waals surface area contributed by atoms with E-state index in [-0.39, 0.29) is 48.8 Å². The molecule has 1 aromatic rings. The van der Waals surface area contributed by atoms with Crippen molar-refractivity contribution >= 4 is 17.7 Å².